The Kier molecular flexibility index (Phi) is 3.87. The molecule has 0 radical (unpaired) electrons. The summed E-state index contributed by atoms with van der Waals surface area (Å²) in [5.41, 5.74) is 0.299. The highest BCUT2D eigenvalue weighted by atomic mass is 16.3. The molecular formula is C21H28N2O3. The first kappa shape index (κ1) is 16.4. The molecule has 4 saturated carbocycles. The van der Waals surface area contributed by atoms with Crippen molar-refractivity contribution in [2.24, 2.45) is 23.2 Å². The lowest BCUT2D eigenvalue weighted by molar-refractivity contribution is -0.141. The minimum Gasteiger partial charge on any atom is -0.459 e. The van der Waals surface area contributed by atoms with Crippen LogP contribution in [0.2, 0.25) is 0 Å². The van der Waals surface area contributed by atoms with E-state index in [-0.39, 0.29) is 5.91 Å². The van der Waals surface area contributed by atoms with Crippen LogP contribution in [0.15, 0.2) is 22.8 Å². The Morgan fingerprint density at radius 2 is 1.54 bits per heavy atom. The summed E-state index contributed by atoms with van der Waals surface area (Å²) in [4.78, 5) is 29.1. The Labute approximate surface area is 154 Å². The first-order valence-corrected chi connectivity index (χ1v) is 10.2. The molecule has 140 valence electrons. The lowest BCUT2D eigenvalue weighted by Gasteiger charge is -2.57. The number of amides is 2. The van der Waals surface area contributed by atoms with Crippen LogP contribution in [0.3, 0.4) is 0 Å². The summed E-state index contributed by atoms with van der Waals surface area (Å²) < 4.78 is 5.21. The van der Waals surface area contributed by atoms with Crippen LogP contribution in [-0.2, 0) is 4.79 Å². The summed E-state index contributed by atoms with van der Waals surface area (Å²) in [6, 6.07) is 3.44. The van der Waals surface area contributed by atoms with E-state index >= 15 is 0 Å². The molecule has 0 spiro atoms. The van der Waals surface area contributed by atoms with Crippen LogP contribution in [0.5, 0.6) is 0 Å². The second-order valence-electron chi connectivity index (χ2n) is 9.24. The number of carbonyl (C=O) groups excluding carboxylic acids is 2. The summed E-state index contributed by atoms with van der Waals surface area (Å²) in [5, 5.41) is 0. The maximum absolute atomic E-state index is 13.0. The van der Waals surface area contributed by atoms with Gasteiger partial charge in [-0.25, -0.2) is 0 Å². The summed E-state index contributed by atoms with van der Waals surface area (Å²) in [5.74, 6) is 3.30. The van der Waals surface area contributed by atoms with Crippen molar-refractivity contribution in [2.75, 3.05) is 26.2 Å². The lowest BCUT2D eigenvalue weighted by Crippen LogP contribution is -2.53. The van der Waals surface area contributed by atoms with Crippen LogP contribution < -0.4 is 0 Å². The zero-order valence-corrected chi connectivity index (χ0v) is 15.4. The molecule has 1 saturated heterocycles. The number of hydrogen-bond acceptors (Lipinski definition) is 3. The number of piperazine rings is 1. The molecule has 0 aromatic carbocycles. The van der Waals surface area contributed by atoms with Crippen molar-refractivity contribution < 1.29 is 14.0 Å². The summed E-state index contributed by atoms with van der Waals surface area (Å²) in [6.07, 6.45) is 10.4. The molecule has 0 atom stereocenters. The molecule has 1 aromatic heterocycles. The molecule has 2 amide bonds. The molecule has 0 unspecified atom stereocenters. The van der Waals surface area contributed by atoms with Gasteiger partial charge in [0.05, 0.1) is 6.26 Å². The maximum Gasteiger partial charge on any atom is 0.289 e. The van der Waals surface area contributed by atoms with Gasteiger partial charge in [0, 0.05) is 32.6 Å². The molecule has 5 heteroatoms. The molecule has 4 bridgehead atoms. The smallest absolute Gasteiger partial charge is 0.289 e. The van der Waals surface area contributed by atoms with Gasteiger partial charge in [0.1, 0.15) is 0 Å². The van der Waals surface area contributed by atoms with E-state index in [1.807, 2.05) is 4.90 Å². The first-order chi connectivity index (χ1) is 12.6. The Bertz CT molecular complexity index is 653. The Balaban J connectivity index is 1.18. The van der Waals surface area contributed by atoms with E-state index in [4.69, 9.17) is 4.42 Å². The lowest BCUT2D eigenvalue weighted by atomic mass is 9.49. The van der Waals surface area contributed by atoms with Crippen molar-refractivity contribution in [3.8, 4) is 0 Å². The predicted octanol–water partition coefficient (Wildman–Crippen LogP) is 3.17. The molecule has 26 heavy (non-hydrogen) atoms. The molecule has 5 aliphatic rings. The average molecular weight is 356 g/mol. The van der Waals surface area contributed by atoms with Gasteiger partial charge in [0.15, 0.2) is 5.76 Å². The van der Waals surface area contributed by atoms with Crippen LogP contribution in [0.1, 0.15) is 55.5 Å². The van der Waals surface area contributed by atoms with E-state index in [1.54, 1.807) is 17.0 Å². The number of hydrogen-bond donors (Lipinski definition) is 0. The van der Waals surface area contributed by atoms with Crippen LogP contribution in [0.25, 0.3) is 0 Å². The van der Waals surface area contributed by atoms with Crippen LogP contribution in [0, 0.1) is 23.2 Å². The number of carbonyl (C=O) groups is 2. The number of furan rings is 1. The molecule has 5 nitrogen and oxygen atoms in total. The van der Waals surface area contributed by atoms with E-state index in [0.717, 1.165) is 24.2 Å². The minimum absolute atomic E-state index is 0.0665. The van der Waals surface area contributed by atoms with E-state index in [1.165, 1.54) is 44.8 Å². The third-order valence-electron chi connectivity index (χ3n) is 7.34. The molecule has 0 N–H and O–H groups in total. The van der Waals surface area contributed by atoms with Gasteiger partial charge in [0.25, 0.3) is 5.91 Å². The van der Waals surface area contributed by atoms with E-state index in [2.05, 4.69) is 0 Å². The Morgan fingerprint density at radius 3 is 2.08 bits per heavy atom. The van der Waals surface area contributed by atoms with E-state index < -0.39 is 0 Å². The second kappa shape index (κ2) is 6.14. The average Bonchev–Trinajstić information content (AvgIpc) is 3.14. The molecular weight excluding hydrogens is 328 g/mol. The topological polar surface area (TPSA) is 53.8 Å². The first-order valence-electron chi connectivity index (χ1n) is 10.2. The van der Waals surface area contributed by atoms with Gasteiger partial charge in [-0.3, -0.25) is 9.59 Å². The SMILES string of the molecule is O=C(CC12CC3CC(CC(C3)C1)C2)N1CCN(C(=O)c2ccco2)CC1. The summed E-state index contributed by atoms with van der Waals surface area (Å²) in [6.45, 7) is 2.51. The van der Waals surface area contributed by atoms with Gasteiger partial charge >= 0.3 is 0 Å². The van der Waals surface area contributed by atoms with Gasteiger partial charge in [0.2, 0.25) is 5.91 Å². The van der Waals surface area contributed by atoms with Gasteiger partial charge in [-0.05, 0) is 73.8 Å². The molecule has 1 aromatic rings. The number of nitrogens with zero attached hydrogens (tertiary/aromatic N) is 2. The van der Waals surface area contributed by atoms with Crippen LogP contribution in [0.4, 0.5) is 0 Å². The van der Waals surface area contributed by atoms with Crippen molar-refractivity contribution >= 4 is 11.8 Å². The molecule has 4 aliphatic carbocycles. The van der Waals surface area contributed by atoms with Gasteiger partial charge in [-0.1, -0.05) is 0 Å². The summed E-state index contributed by atoms with van der Waals surface area (Å²) in [7, 11) is 0. The highest BCUT2D eigenvalue weighted by Gasteiger charge is 2.51. The van der Waals surface area contributed by atoms with Crippen molar-refractivity contribution in [3.05, 3.63) is 24.2 Å². The highest BCUT2D eigenvalue weighted by molar-refractivity contribution is 5.91. The van der Waals surface area contributed by atoms with Crippen molar-refractivity contribution in [1.82, 2.24) is 9.80 Å². The van der Waals surface area contributed by atoms with Crippen LogP contribution >= 0.6 is 0 Å². The van der Waals surface area contributed by atoms with Gasteiger partial charge in [-0.15, -0.1) is 0 Å². The second-order valence-corrected chi connectivity index (χ2v) is 9.24. The fourth-order valence-corrected chi connectivity index (χ4v) is 6.65. The Morgan fingerprint density at radius 1 is 0.962 bits per heavy atom. The fraction of sp³-hybridized carbons (Fsp3) is 0.714. The largest absolute Gasteiger partial charge is 0.459 e. The van der Waals surface area contributed by atoms with Crippen molar-refractivity contribution in [1.29, 1.82) is 0 Å². The normalized spacial score (nSPS) is 35.8. The zero-order valence-electron chi connectivity index (χ0n) is 15.4. The minimum atomic E-state index is -0.0665. The Hall–Kier alpha value is -1.78. The molecule has 1 aliphatic heterocycles. The van der Waals surface area contributed by atoms with E-state index in [0.29, 0.717) is 43.3 Å². The highest BCUT2D eigenvalue weighted by Crippen LogP contribution is 2.61. The quantitative estimate of drug-likeness (QED) is 0.836. The van der Waals surface area contributed by atoms with Crippen molar-refractivity contribution in [2.45, 2.75) is 44.9 Å². The standard InChI is InChI=1S/C21H28N2O3/c24-19(14-21-11-15-8-16(12-21)10-17(9-15)13-21)22-3-5-23(6-4-22)20(25)18-2-1-7-26-18/h1-2,7,15-17H,3-6,8-14H2. The van der Waals surface area contributed by atoms with Crippen LogP contribution in [-0.4, -0.2) is 47.8 Å². The van der Waals surface area contributed by atoms with E-state index in [9.17, 15) is 9.59 Å². The fourth-order valence-electron chi connectivity index (χ4n) is 6.65. The molecule has 6 rings (SSSR count). The maximum atomic E-state index is 13.0. The molecule has 2 heterocycles. The predicted molar refractivity (Wildman–Crippen MR) is 96.4 cm³/mol. The number of rotatable bonds is 3. The third-order valence-corrected chi connectivity index (χ3v) is 7.34. The monoisotopic (exact) mass is 356 g/mol. The summed E-state index contributed by atoms with van der Waals surface area (Å²) >= 11 is 0. The van der Waals surface area contributed by atoms with Crippen molar-refractivity contribution in [3.63, 3.8) is 0 Å². The zero-order chi connectivity index (χ0) is 17.7. The third kappa shape index (κ3) is 2.85. The van der Waals surface area contributed by atoms with Gasteiger partial charge in [-0.2, -0.15) is 0 Å². The van der Waals surface area contributed by atoms with Gasteiger partial charge < -0.3 is 14.2 Å². The molecule has 5 fully saturated rings.